The molecule has 2 aromatic rings. The molecule has 2 N–H and O–H groups in total. The Labute approximate surface area is 201 Å². The molecule has 1 aliphatic heterocycles. The zero-order chi connectivity index (χ0) is 21.7. The Morgan fingerprint density at radius 3 is 2.61 bits per heavy atom. The Balaban J connectivity index is 0.00000341. The molecule has 31 heavy (non-hydrogen) atoms. The molecule has 1 unspecified atom stereocenters. The second-order valence-electron chi connectivity index (χ2n) is 7.71. The van der Waals surface area contributed by atoms with E-state index >= 15 is 0 Å². The van der Waals surface area contributed by atoms with Crippen molar-refractivity contribution in [3.8, 4) is 0 Å². The minimum Gasteiger partial charge on any atom is -0.355 e. The number of rotatable bonds is 7. The fraction of sp³-hybridized carbons (Fsp3) is 0.550. The minimum absolute atomic E-state index is 0. The average Bonchev–Trinajstić information content (AvgIpc) is 3.32. The van der Waals surface area contributed by atoms with Crippen molar-refractivity contribution in [2.24, 2.45) is 12.0 Å². The third kappa shape index (κ3) is 6.88. The third-order valence-corrected chi connectivity index (χ3v) is 6.80. The molecule has 1 aromatic carbocycles. The van der Waals surface area contributed by atoms with E-state index in [0.29, 0.717) is 25.6 Å². The van der Waals surface area contributed by atoms with Gasteiger partial charge in [0.15, 0.2) is 11.8 Å². The molecular weight excluding hydrogens is 529 g/mol. The van der Waals surface area contributed by atoms with E-state index in [1.54, 1.807) is 4.31 Å². The van der Waals surface area contributed by atoms with Crippen LogP contribution in [0.3, 0.4) is 0 Å². The summed E-state index contributed by atoms with van der Waals surface area (Å²) in [5.41, 5.74) is 1.14. The van der Waals surface area contributed by atoms with Crippen molar-refractivity contribution in [1.82, 2.24) is 29.7 Å². The molecule has 2 heterocycles. The molecular formula is C20H32IN7O2S. The third-order valence-electron chi connectivity index (χ3n) is 5.47. The van der Waals surface area contributed by atoms with Crippen LogP contribution in [0.1, 0.15) is 43.0 Å². The molecule has 0 bridgehead atoms. The van der Waals surface area contributed by atoms with E-state index in [1.807, 2.05) is 36.7 Å². The van der Waals surface area contributed by atoms with E-state index in [4.69, 9.17) is 0 Å². The van der Waals surface area contributed by atoms with E-state index in [0.717, 1.165) is 30.1 Å². The average molecular weight is 561 g/mol. The van der Waals surface area contributed by atoms with Crippen LogP contribution in [0.5, 0.6) is 0 Å². The summed E-state index contributed by atoms with van der Waals surface area (Å²) in [6.07, 6.45) is 2.98. The van der Waals surface area contributed by atoms with Gasteiger partial charge < -0.3 is 15.2 Å². The van der Waals surface area contributed by atoms with Crippen LogP contribution >= 0.6 is 24.0 Å². The van der Waals surface area contributed by atoms with Gasteiger partial charge in [-0.15, -0.1) is 34.2 Å². The number of nitrogens with one attached hydrogen (secondary N) is 2. The van der Waals surface area contributed by atoms with E-state index < -0.39 is 10.0 Å². The number of sulfonamides is 1. The van der Waals surface area contributed by atoms with Crippen molar-refractivity contribution in [2.75, 3.05) is 19.3 Å². The number of nitrogens with zero attached hydrogens (tertiary/aromatic N) is 5. The number of aryl methyl sites for hydroxylation is 1. The number of aliphatic imine (C=N–C) groups is 1. The highest BCUT2D eigenvalue weighted by Gasteiger charge is 2.31. The molecule has 3 rings (SSSR count). The maximum atomic E-state index is 12.0. The molecule has 2 atom stereocenters. The monoisotopic (exact) mass is 561 g/mol. The van der Waals surface area contributed by atoms with Gasteiger partial charge in [-0.1, -0.05) is 30.3 Å². The predicted octanol–water partition coefficient (Wildman–Crippen LogP) is 1.96. The normalized spacial score (nSPS) is 18.5. The maximum Gasteiger partial charge on any atom is 0.211 e. The Kier molecular flexibility index (Phi) is 9.25. The summed E-state index contributed by atoms with van der Waals surface area (Å²) < 4.78 is 27.6. The first-order chi connectivity index (χ1) is 14.3. The maximum absolute atomic E-state index is 12.0. The molecule has 0 saturated carbocycles. The van der Waals surface area contributed by atoms with Gasteiger partial charge in [0.25, 0.3) is 0 Å². The first-order valence-corrected chi connectivity index (χ1v) is 12.0. The molecule has 0 amide bonds. The number of guanidine groups is 1. The zero-order valence-corrected chi connectivity index (χ0v) is 21.6. The summed E-state index contributed by atoms with van der Waals surface area (Å²) in [5, 5.41) is 15.0. The fourth-order valence-electron chi connectivity index (χ4n) is 3.59. The van der Waals surface area contributed by atoms with Crippen LogP contribution in [-0.4, -0.2) is 58.8 Å². The highest BCUT2D eigenvalue weighted by molar-refractivity contribution is 14.0. The van der Waals surface area contributed by atoms with Gasteiger partial charge in [0.1, 0.15) is 12.4 Å². The van der Waals surface area contributed by atoms with Gasteiger partial charge in [-0.2, -0.15) is 4.31 Å². The van der Waals surface area contributed by atoms with Crippen molar-refractivity contribution in [3.05, 3.63) is 47.5 Å². The largest absolute Gasteiger partial charge is 0.355 e. The summed E-state index contributed by atoms with van der Waals surface area (Å²) in [7, 11) is -1.30. The van der Waals surface area contributed by atoms with Crippen molar-refractivity contribution < 1.29 is 8.42 Å². The van der Waals surface area contributed by atoms with E-state index in [2.05, 4.69) is 44.9 Å². The fourth-order valence-corrected chi connectivity index (χ4v) is 4.77. The van der Waals surface area contributed by atoms with Crippen molar-refractivity contribution in [2.45, 2.75) is 45.3 Å². The smallest absolute Gasteiger partial charge is 0.211 e. The number of benzene rings is 1. The predicted molar refractivity (Wildman–Crippen MR) is 133 cm³/mol. The van der Waals surface area contributed by atoms with Crippen molar-refractivity contribution in [1.29, 1.82) is 0 Å². The number of halogens is 1. The van der Waals surface area contributed by atoms with Crippen LogP contribution in [0.15, 0.2) is 35.3 Å². The first-order valence-electron chi connectivity index (χ1n) is 10.2. The van der Waals surface area contributed by atoms with Gasteiger partial charge in [-0.25, -0.2) is 13.4 Å². The van der Waals surface area contributed by atoms with E-state index in [1.165, 1.54) is 6.26 Å². The summed E-state index contributed by atoms with van der Waals surface area (Å²) in [6.45, 7) is 5.41. The Morgan fingerprint density at radius 1 is 1.29 bits per heavy atom. The highest BCUT2D eigenvalue weighted by atomic mass is 127. The molecule has 9 nitrogen and oxygen atoms in total. The number of aromatic nitrogens is 3. The van der Waals surface area contributed by atoms with Gasteiger partial charge >= 0.3 is 0 Å². The van der Waals surface area contributed by atoms with Gasteiger partial charge in [-0.05, 0) is 32.3 Å². The van der Waals surface area contributed by atoms with Crippen LogP contribution in [0.25, 0.3) is 0 Å². The standard InChI is InChI=1S/C20H31N7O2S.HI/c1-15(17-9-6-5-7-10-17)23-20(22-14-19-25-24-16(2)26(19)3)21-13-18-11-8-12-27(18)30(4,28)29;/h5-7,9-10,15,18H,8,11-14H2,1-4H3,(H2,21,22,23);1H/t15?,18-;/m1./s1. The second kappa shape index (κ2) is 11.2. The topological polar surface area (TPSA) is 105 Å². The molecule has 172 valence electrons. The molecule has 0 aliphatic carbocycles. The Morgan fingerprint density at radius 2 is 2.00 bits per heavy atom. The summed E-state index contributed by atoms with van der Waals surface area (Å²) in [5.74, 6) is 2.21. The summed E-state index contributed by atoms with van der Waals surface area (Å²) in [4.78, 5) is 4.68. The Hall–Kier alpha value is -1.73. The quantitative estimate of drug-likeness (QED) is 0.305. The van der Waals surface area contributed by atoms with E-state index in [9.17, 15) is 8.42 Å². The summed E-state index contributed by atoms with van der Waals surface area (Å²) >= 11 is 0. The van der Waals surface area contributed by atoms with Crippen LogP contribution in [0, 0.1) is 6.92 Å². The van der Waals surface area contributed by atoms with Crippen LogP contribution in [0.4, 0.5) is 0 Å². The van der Waals surface area contributed by atoms with Crippen LogP contribution < -0.4 is 10.6 Å². The molecule has 1 aliphatic rings. The zero-order valence-electron chi connectivity index (χ0n) is 18.4. The van der Waals surface area contributed by atoms with Crippen LogP contribution in [-0.2, 0) is 23.6 Å². The lowest BCUT2D eigenvalue weighted by Gasteiger charge is -2.24. The molecule has 0 spiro atoms. The first kappa shape index (κ1) is 25.5. The summed E-state index contributed by atoms with van der Waals surface area (Å²) in [6, 6.07) is 10.1. The van der Waals surface area contributed by atoms with Crippen LogP contribution in [0.2, 0.25) is 0 Å². The lowest BCUT2D eigenvalue weighted by molar-refractivity contribution is 0.387. The molecule has 11 heteroatoms. The van der Waals surface area contributed by atoms with E-state index in [-0.39, 0.29) is 36.1 Å². The minimum atomic E-state index is -3.21. The SMILES string of the molecule is Cc1nnc(CN=C(NC[C@H]2CCCN2S(C)(=O)=O)NC(C)c2ccccc2)n1C.I. The van der Waals surface area contributed by atoms with Gasteiger partial charge in [0, 0.05) is 26.2 Å². The molecule has 1 aromatic heterocycles. The van der Waals surface area contributed by atoms with Gasteiger partial charge in [0.05, 0.1) is 12.3 Å². The van der Waals surface area contributed by atoms with Gasteiger partial charge in [-0.3, -0.25) is 0 Å². The number of hydrogen-bond acceptors (Lipinski definition) is 5. The highest BCUT2D eigenvalue weighted by Crippen LogP contribution is 2.19. The van der Waals surface area contributed by atoms with Crippen molar-refractivity contribution in [3.63, 3.8) is 0 Å². The lowest BCUT2D eigenvalue weighted by Crippen LogP contribution is -2.46. The molecule has 0 radical (unpaired) electrons. The number of hydrogen-bond donors (Lipinski definition) is 2. The Bertz CT molecular complexity index is 979. The lowest BCUT2D eigenvalue weighted by atomic mass is 10.1. The van der Waals surface area contributed by atoms with Gasteiger partial charge in [0.2, 0.25) is 10.0 Å². The molecule has 1 fully saturated rings. The molecule has 1 saturated heterocycles. The van der Waals surface area contributed by atoms with Crippen molar-refractivity contribution >= 4 is 40.0 Å². The second-order valence-corrected chi connectivity index (χ2v) is 9.65.